The van der Waals surface area contributed by atoms with Crippen LogP contribution in [0.4, 0.5) is 11.4 Å². The second-order valence-electron chi connectivity index (χ2n) is 7.56. The van der Waals surface area contributed by atoms with Crippen molar-refractivity contribution in [2.75, 3.05) is 58.3 Å². The Kier molecular flexibility index (Phi) is 6.79. The van der Waals surface area contributed by atoms with Crippen LogP contribution in [0.5, 0.6) is 11.5 Å². The zero-order valence-electron chi connectivity index (χ0n) is 17.8. The maximum atomic E-state index is 12.8. The molecular weight excluding hydrogens is 384 g/mol. The van der Waals surface area contributed by atoms with Gasteiger partial charge in [-0.25, -0.2) is 0 Å². The van der Waals surface area contributed by atoms with Crippen LogP contribution >= 0.6 is 0 Å². The molecule has 0 spiro atoms. The minimum absolute atomic E-state index is 0.152. The number of nitrogens with zero attached hydrogens (tertiary/aromatic N) is 2. The van der Waals surface area contributed by atoms with Gasteiger partial charge < -0.3 is 29.9 Å². The van der Waals surface area contributed by atoms with E-state index in [4.69, 9.17) is 9.47 Å². The van der Waals surface area contributed by atoms with Gasteiger partial charge in [0.05, 0.1) is 5.56 Å². The third-order valence-corrected chi connectivity index (χ3v) is 4.68. The van der Waals surface area contributed by atoms with Crippen molar-refractivity contribution in [2.45, 2.75) is 6.42 Å². The highest BCUT2D eigenvalue weighted by Crippen LogP contribution is 2.32. The topological polar surface area (TPSA) is 83.1 Å². The molecular formula is C22H28N4O4. The lowest BCUT2D eigenvalue weighted by Gasteiger charge is -2.19. The highest BCUT2D eigenvalue weighted by molar-refractivity contribution is 6.06. The second-order valence-corrected chi connectivity index (χ2v) is 7.56. The Bertz CT molecular complexity index is 927. The number of rotatable bonds is 8. The molecule has 8 nitrogen and oxygen atoms in total. The third-order valence-electron chi connectivity index (χ3n) is 4.68. The van der Waals surface area contributed by atoms with Gasteiger partial charge in [0.25, 0.3) is 11.8 Å². The fraction of sp³-hybridized carbons (Fsp3) is 0.364. The highest BCUT2D eigenvalue weighted by atomic mass is 16.7. The van der Waals surface area contributed by atoms with E-state index in [9.17, 15) is 9.59 Å². The normalized spacial score (nSPS) is 12.0. The van der Waals surface area contributed by atoms with Crippen LogP contribution in [0.3, 0.4) is 0 Å². The van der Waals surface area contributed by atoms with Gasteiger partial charge in [-0.3, -0.25) is 9.59 Å². The first-order valence-electron chi connectivity index (χ1n) is 9.80. The van der Waals surface area contributed by atoms with Crippen molar-refractivity contribution in [3.05, 3.63) is 47.5 Å². The molecule has 1 heterocycles. The first-order valence-corrected chi connectivity index (χ1v) is 9.80. The van der Waals surface area contributed by atoms with Gasteiger partial charge in [-0.1, -0.05) is 0 Å². The molecule has 2 N–H and O–H groups in total. The maximum absolute atomic E-state index is 12.8. The van der Waals surface area contributed by atoms with E-state index in [-0.39, 0.29) is 18.6 Å². The van der Waals surface area contributed by atoms with Crippen LogP contribution < -0.4 is 25.0 Å². The van der Waals surface area contributed by atoms with Gasteiger partial charge in [0.2, 0.25) is 6.79 Å². The van der Waals surface area contributed by atoms with Crippen LogP contribution in [0.1, 0.15) is 27.1 Å². The predicted molar refractivity (Wildman–Crippen MR) is 117 cm³/mol. The summed E-state index contributed by atoms with van der Waals surface area (Å²) in [6, 6.07) is 10.3. The summed E-state index contributed by atoms with van der Waals surface area (Å²) in [6.07, 6.45) is 0.858. The molecule has 0 saturated carbocycles. The molecule has 160 valence electrons. The van der Waals surface area contributed by atoms with E-state index >= 15 is 0 Å². The van der Waals surface area contributed by atoms with Crippen LogP contribution in [-0.2, 0) is 0 Å². The average molecular weight is 412 g/mol. The smallest absolute Gasteiger partial charge is 0.255 e. The third kappa shape index (κ3) is 5.21. The average Bonchev–Trinajstić information content (AvgIpc) is 3.18. The Hall–Kier alpha value is -3.26. The molecule has 8 heteroatoms. The molecule has 30 heavy (non-hydrogen) atoms. The lowest BCUT2D eigenvalue weighted by atomic mass is 10.1. The van der Waals surface area contributed by atoms with E-state index in [1.165, 1.54) is 0 Å². The molecule has 2 aromatic carbocycles. The fourth-order valence-corrected chi connectivity index (χ4v) is 3.12. The molecule has 2 amide bonds. The van der Waals surface area contributed by atoms with Gasteiger partial charge in [0, 0.05) is 37.6 Å². The lowest BCUT2D eigenvalue weighted by molar-refractivity contribution is 0.0951. The predicted octanol–water partition coefficient (Wildman–Crippen LogP) is 2.42. The molecule has 1 aliphatic heterocycles. The van der Waals surface area contributed by atoms with Gasteiger partial charge in [-0.05, 0) is 63.5 Å². The molecule has 0 saturated heterocycles. The number of carbonyl (C=O) groups is 2. The number of anilines is 2. The standard InChI is InChI=1S/C22H28N4O4/c1-25(2)11-5-10-23-22(28)17-13-16(7-8-18(17)26(3)4)24-21(27)15-6-9-19-20(12-15)30-14-29-19/h6-9,12-13H,5,10-11,14H2,1-4H3,(H,23,28)(H,24,27). The summed E-state index contributed by atoms with van der Waals surface area (Å²) in [4.78, 5) is 29.4. The molecule has 0 fully saturated rings. The van der Waals surface area contributed by atoms with Crippen LogP contribution in [-0.4, -0.2) is 64.8 Å². The molecule has 2 aromatic rings. The number of benzene rings is 2. The Balaban J connectivity index is 1.73. The minimum atomic E-state index is -0.289. The Labute approximate surface area is 176 Å². The molecule has 3 rings (SSSR count). The van der Waals surface area contributed by atoms with Crippen molar-refractivity contribution in [1.82, 2.24) is 10.2 Å². The van der Waals surface area contributed by atoms with Crippen molar-refractivity contribution in [3.8, 4) is 11.5 Å². The summed E-state index contributed by atoms with van der Waals surface area (Å²) in [5.74, 6) is 0.707. The number of hydrogen-bond acceptors (Lipinski definition) is 6. The van der Waals surface area contributed by atoms with E-state index in [1.54, 1.807) is 30.3 Å². The quantitative estimate of drug-likeness (QED) is 0.648. The number of amides is 2. The summed E-state index contributed by atoms with van der Waals surface area (Å²) in [7, 11) is 7.75. The molecule has 0 unspecified atom stereocenters. The minimum Gasteiger partial charge on any atom is -0.454 e. The number of ether oxygens (including phenoxy) is 2. The molecule has 0 bridgehead atoms. The molecule has 0 aliphatic carbocycles. The van der Waals surface area contributed by atoms with Crippen molar-refractivity contribution >= 4 is 23.2 Å². The van der Waals surface area contributed by atoms with Gasteiger partial charge in [0.1, 0.15) is 0 Å². The van der Waals surface area contributed by atoms with Gasteiger partial charge >= 0.3 is 0 Å². The largest absolute Gasteiger partial charge is 0.454 e. The Morgan fingerprint density at radius 3 is 2.47 bits per heavy atom. The van der Waals surface area contributed by atoms with Crippen molar-refractivity contribution in [1.29, 1.82) is 0 Å². The summed E-state index contributed by atoms with van der Waals surface area (Å²) in [5, 5.41) is 5.81. The summed E-state index contributed by atoms with van der Waals surface area (Å²) in [6.45, 7) is 1.63. The zero-order valence-corrected chi connectivity index (χ0v) is 17.8. The summed E-state index contributed by atoms with van der Waals surface area (Å²) < 4.78 is 10.6. The van der Waals surface area contributed by atoms with Crippen LogP contribution in [0.25, 0.3) is 0 Å². The summed E-state index contributed by atoms with van der Waals surface area (Å²) >= 11 is 0. The SMILES string of the molecule is CN(C)CCCNC(=O)c1cc(NC(=O)c2ccc3c(c2)OCO3)ccc1N(C)C. The van der Waals surface area contributed by atoms with E-state index in [0.717, 1.165) is 18.7 Å². The first kappa shape index (κ1) is 21.4. The second kappa shape index (κ2) is 9.49. The Morgan fingerprint density at radius 2 is 1.73 bits per heavy atom. The van der Waals surface area contributed by atoms with Crippen molar-refractivity contribution in [3.63, 3.8) is 0 Å². The van der Waals surface area contributed by atoms with Gasteiger partial charge in [-0.2, -0.15) is 0 Å². The van der Waals surface area contributed by atoms with Crippen LogP contribution in [0.15, 0.2) is 36.4 Å². The van der Waals surface area contributed by atoms with E-state index in [2.05, 4.69) is 15.5 Å². The first-order chi connectivity index (χ1) is 14.3. The van der Waals surface area contributed by atoms with Gasteiger partial charge in [-0.15, -0.1) is 0 Å². The molecule has 0 radical (unpaired) electrons. The van der Waals surface area contributed by atoms with Crippen LogP contribution in [0.2, 0.25) is 0 Å². The number of carbonyl (C=O) groups excluding carboxylic acids is 2. The van der Waals surface area contributed by atoms with Crippen LogP contribution in [0, 0.1) is 0 Å². The van der Waals surface area contributed by atoms with Crippen molar-refractivity contribution in [2.24, 2.45) is 0 Å². The highest BCUT2D eigenvalue weighted by Gasteiger charge is 2.18. The fourth-order valence-electron chi connectivity index (χ4n) is 3.12. The van der Waals surface area contributed by atoms with E-state index in [0.29, 0.717) is 34.9 Å². The maximum Gasteiger partial charge on any atom is 0.255 e. The van der Waals surface area contributed by atoms with E-state index < -0.39 is 0 Å². The number of hydrogen-bond donors (Lipinski definition) is 2. The Morgan fingerprint density at radius 1 is 0.967 bits per heavy atom. The van der Waals surface area contributed by atoms with Crippen molar-refractivity contribution < 1.29 is 19.1 Å². The summed E-state index contributed by atoms with van der Waals surface area (Å²) in [5.41, 5.74) is 2.28. The zero-order chi connectivity index (χ0) is 21.7. The van der Waals surface area contributed by atoms with E-state index in [1.807, 2.05) is 39.2 Å². The van der Waals surface area contributed by atoms with Gasteiger partial charge in [0.15, 0.2) is 11.5 Å². The molecule has 0 aromatic heterocycles. The molecule has 0 atom stereocenters. The molecule has 1 aliphatic rings. The monoisotopic (exact) mass is 412 g/mol. The number of nitrogens with one attached hydrogen (secondary N) is 2. The number of fused-ring (bicyclic) bond motifs is 1. The lowest BCUT2D eigenvalue weighted by Crippen LogP contribution is -2.28.